The monoisotopic (exact) mass is 366 g/mol. The minimum atomic E-state index is -0.446. The number of carbonyl (C=O) groups excluding carboxylic acids is 2. The Morgan fingerprint density at radius 3 is 2.54 bits per heavy atom. The average molecular weight is 367 g/mol. The van der Waals surface area contributed by atoms with Crippen molar-refractivity contribution >= 4 is 35.4 Å². The Hall–Kier alpha value is -1.73. The van der Waals surface area contributed by atoms with Crippen LogP contribution in [0, 0.1) is 5.92 Å². The number of β-amino-alcohol motifs (C(OH)–C–C–N with tert-alkyl or cyclic N) is 1. The lowest BCUT2D eigenvalue weighted by molar-refractivity contribution is 0.0918. The Morgan fingerprint density at radius 2 is 1.92 bits per heavy atom. The molecule has 5 nitrogen and oxygen atoms in total. The second kappa shape index (κ2) is 8.39. The van der Waals surface area contributed by atoms with Gasteiger partial charge in [0.1, 0.15) is 0 Å². The van der Waals surface area contributed by atoms with Gasteiger partial charge in [-0.2, -0.15) is 0 Å². The molecular formula is C17H19ClN2O3S. The molecule has 1 saturated heterocycles. The van der Waals surface area contributed by atoms with Crippen LogP contribution >= 0.6 is 23.7 Å². The number of hydrogen-bond donors (Lipinski definition) is 3. The molecular weight excluding hydrogens is 348 g/mol. The first-order chi connectivity index (χ1) is 11.2. The number of carbonyl (C=O) groups is 2. The Balaban J connectivity index is 0.00000208. The number of thiophene rings is 1. The van der Waals surface area contributed by atoms with Crippen molar-refractivity contribution < 1.29 is 14.7 Å². The molecule has 1 aliphatic heterocycles. The van der Waals surface area contributed by atoms with Crippen molar-refractivity contribution in [3.8, 4) is 0 Å². The van der Waals surface area contributed by atoms with E-state index in [-0.39, 0.29) is 30.0 Å². The van der Waals surface area contributed by atoms with Crippen LogP contribution in [0.3, 0.4) is 0 Å². The van der Waals surface area contributed by atoms with E-state index in [1.165, 1.54) is 11.3 Å². The van der Waals surface area contributed by atoms with Gasteiger partial charge < -0.3 is 15.7 Å². The maximum absolute atomic E-state index is 12.5. The van der Waals surface area contributed by atoms with E-state index < -0.39 is 6.10 Å². The number of halogens is 1. The van der Waals surface area contributed by atoms with Crippen LogP contribution in [0.1, 0.15) is 25.6 Å². The standard InChI is InChI=1S/C17H18N2O3S.ClH/c20-14-10-18-8-11(14)9-19-17(22)13-5-2-1-4-12(13)16(21)15-6-3-7-23-15;/h1-7,11,14,18,20H,8-10H2,(H,19,22);1H. The zero-order valence-electron chi connectivity index (χ0n) is 12.9. The van der Waals surface area contributed by atoms with Crippen LogP contribution in [0.15, 0.2) is 41.8 Å². The molecule has 7 heteroatoms. The van der Waals surface area contributed by atoms with Gasteiger partial charge in [-0.05, 0) is 17.5 Å². The van der Waals surface area contributed by atoms with Gasteiger partial charge in [-0.3, -0.25) is 9.59 Å². The van der Waals surface area contributed by atoms with Crippen LogP contribution in [-0.4, -0.2) is 42.5 Å². The summed E-state index contributed by atoms with van der Waals surface area (Å²) in [6.45, 7) is 1.61. The Bertz CT molecular complexity index is 706. The molecule has 1 aliphatic rings. The molecule has 2 unspecified atom stereocenters. The number of aliphatic hydroxyl groups excluding tert-OH is 1. The molecule has 24 heavy (non-hydrogen) atoms. The quantitative estimate of drug-likeness (QED) is 0.704. The first-order valence-electron chi connectivity index (χ1n) is 7.51. The molecule has 1 aromatic carbocycles. The van der Waals surface area contributed by atoms with Gasteiger partial charge in [-0.15, -0.1) is 23.7 Å². The average Bonchev–Trinajstić information content (AvgIpc) is 3.24. The molecule has 2 aromatic rings. The van der Waals surface area contributed by atoms with E-state index in [2.05, 4.69) is 10.6 Å². The maximum atomic E-state index is 12.5. The molecule has 1 aromatic heterocycles. The number of amides is 1. The molecule has 1 fully saturated rings. The highest BCUT2D eigenvalue weighted by Crippen LogP contribution is 2.18. The molecule has 0 radical (unpaired) electrons. The summed E-state index contributed by atoms with van der Waals surface area (Å²) in [7, 11) is 0. The fourth-order valence-corrected chi connectivity index (χ4v) is 3.34. The molecule has 2 heterocycles. The number of aliphatic hydroxyl groups is 1. The van der Waals surface area contributed by atoms with Crippen molar-refractivity contribution in [2.24, 2.45) is 5.92 Å². The van der Waals surface area contributed by atoms with Crippen LogP contribution < -0.4 is 10.6 Å². The molecule has 2 atom stereocenters. The van der Waals surface area contributed by atoms with Crippen molar-refractivity contribution in [1.29, 1.82) is 0 Å². The van der Waals surface area contributed by atoms with E-state index in [4.69, 9.17) is 0 Å². The highest BCUT2D eigenvalue weighted by molar-refractivity contribution is 7.12. The second-order valence-electron chi connectivity index (χ2n) is 5.55. The van der Waals surface area contributed by atoms with Crippen LogP contribution in [0.5, 0.6) is 0 Å². The summed E-state index contributed by atoms with van der Waals surface area (Å²) in [6, 6.07) is 10.4. The smallest absolute Gasteiger partial charge is 0.252 e. The Kier molecular flexibility index (Phi) is 6.51. The molecule has 0 bridgehead atoms. The lowest BCUT2D eigenvalue weighted by Crippen LogP contribution is -2.35. The second-order valence-corrected chi connectivity index (χ2v) is 6.50. The highest BCUT2D eigenvalue weighted by atomic mass is 35.5. The van der Waals surface area contributed by atoms with Crippen molar-refractivity contribution in [2.45, 2.75) is 6.10 Å². The van der Waals surface area contributed by atoms with Gasteiger partial charge in [0.15, 0.2) is 0 Å². The zero-order chi connectivity index (χ0) is 16.2. The molecule has 0 spiro atoms. The summed E-state index contributed by atoms with van der Waals surface area (Å²) in [6.07, 6.45) is -0.446. The fourth-order valence-electron chi connectivity index (χ4n) is 2.67. The van der Waals surface area contributed by atoms with Gasteiger partial charge in [0, 0.05) is 31.1 Å². The minimum Gasteiger partial charge on any atom is -0.391 e. The normalized spacial score (nSPS) is 19.5. The predicted molar refractivity (Wildman–Crippen MR) is 96.1 cm³/mol. The van der Waals surface area contributed by atoms with Gasteiger partial charge in [0.05, 0.1) is 16.5 Å². The van der Waals surface area contributed by atoms with E-state index in [9.17, 15) is 14.7 Å². The Morgan fingerprint density at radius 1 is 1.17 bits per heavy atom. The number of ketones is 1. The highest BCUT2D eigenvalue weighted by Gasteiger charge is 2.26. The van der Waals surface area contributed by atoms with Crippen LogP contribution in [0.2, 0.25) is 0 Å². The molecule has 0 saturated carbocycles. The third kappa shape index (κ3) is 4.02. The number of rotatable bonds is 5. The van der Waals surface area contributed by atoms with Gasteiger partial charge in [-0.25, -0.2) is 0 Å². The lowest BCUT2D eigenvalue weighted by atomic mass is 10.0. The first-order valence-corrected chi connectivity index (χ1v) is 8.39. The summed E-state index contributed by atoms with van der Waals surface area (Å²) in [5.41, 5.74) is 0.767. The van der Waals surface area contributed by atoms with E-state index in [0.717, 1.165) is 0 Å². The van der Waals surface area contributed by atoms with Crippen molar-refractivity contribution in [1.82, 2.24) is 10.6 Å². The predicted octanol–water partition coefficient (Wildman–Crippen LogP) is 1.71. The molecule has 3 N–H and O–H groups in total. The van der Waals surface area contributed by atoms with Gasteiger partial charge in [0.25, 0.3) is 5.91 Å². The van der Waals surface area contributed by atoms with Gasteiger partial charge in [0.2, 0.25) is 5.78 Å². The number of hydrogen-bond acceptors (Lipinski definition) is 5. The van der Waals surface area contributed by atoms with Crippen molar-refractivity contribution in [3.05, 3.63) is 57.8 Å². The zero-order valence-corrected chi connectivity index (χ0v) is 14.5. The fraction of sp³-hybridized carbons (Fsp3) is 0.294. The topological polar surface area (TPSA) is 78.4 Å². The number of nitrogens with one attached hydrogen (secondary N) is 2. The van der Waals surface area contributed by atoms with E-state index >= 15 is 0 Å². The largest absolute Gasteiger partial charge is 0.391 e. The third-order valence-electron chi connectivity index (χ3n) is 3.99. The van der Waals surface area contributed by atoms with Crippen LogP contribution in [0.4, 0.5) is 0 Å². The SMILES string of the molecule is Cl.O=C(NCC1CNCC1O)c1ccccc1C(=O)c1cccs1. The van der Waals surface area contributed by atoms with Gasteiger partial charge >= 0.3 is 0 Å². The number of benzene rings is 1. The van der Waals surface area contributed by atoms with E-state index in [0.29, 0.717) is 35.6 Å². The molecule has 3 rings (SSSR count). The van der Waals surface area contributed by atoms with Crippen molar-refractivity contribution in [3.63, 3.8) is 0 Å². The van der Waals surface area contributed by atoms with Gasteiger partial charge in [-0.1, -0.05) is 24.3 Å². The summed E-state index contributed by atoms with van der Waals surface area (Å²) >= 11 is 1.36. The molecule has 1 amide bonds. The van der Waals surface area contributed by atoms with E-state index in [1.54, 1.807) is 30.3 Å². The third-order valence-corrected chi connectivity index (χ3v) is 4.86. The Labute approximate surface area is 150 Å². The van der Waals surface area contributed by atoms with E-state index in [1.807, 2.05) is 11.4 Å². The molecule has 128 valence electrons. The summed E-state index contributed by atoms with van der Waals surface area (Å²) in [5.74, 6) is -0.433. The summed E-state index contributed by atoms with van der Waals surface area (Å²) in [5, 5.41) is 17.5. The molecule has 0 aliphatic carbocycles. The minimum absolute atomic E-state index is 0. The lowest BCUT2D eigenvalue weighted by Gasteiger charge is -2.15. The van der Waals surface area contributed by atoms with Crippen molar-refractivity contribution in [2.75, 3.05) is 19.6 Å². The van der Waals surface area contributed by atoms with Crippen LogP contribution in [0.25, 0.3) is 0 Å². The maximum Gasteiger partial charge on any atom is 0.252 e. The summed E-state index contributed by atoms with van der Waals surface area (Å²) < 4.78 is 0. The summed E-state index contributed by atoms with van der Waals surface area (Å²) in [4.78, 5) is 25.6. The van der Waals surface area contributed by atoms with Crippen LogP contribution in [-0.2, 0) is 0 Å². The first kappa shape index (κ1) is 18.6.